The Morgan fingerprint density at radius 1 is 1.55 bits per heavy atom. The maximum atomic E-state index is 11.8. The highest BCUT2D eigenvalue weighted by Crippen LogP contribution is 1.91. The fraction of sp³-hybridized carbons (Fsp3) is 0.571. The van der Waals surface area contributed by atoms with Crippen LogP contribution in [0.3, 0.4) is 0 Å². The van der Waals surface area contributed by atoms with Crippen LogP contribution in [-0.2, 0) is 13.1 Å². The van der Waals surface area contributed by atoms with Gasteiger partial charge in [0.05, 0.1) is 6.54 Å². The molecule has 62 valence electrons. The normalized spacial score (nSPS) is 10.9. The summed E-state index contributed by atoms with van der Waals surface area (Å²) < 4.78 is 26.9. The van der Waals surface area contributed by atoms with Crippen LogP contribution in [0.15, 0.2) is 18.7 Å². The Labute approximate surface area is 64.1 Å². The topological polar surface area (TPSA) is 8.81 Å². The SMILES string of the molecule is CCn1cc[n+](CC(F)F)c1. The van der Waals surface area contributed by atoms with Gasteiger partial charge in [0, 0.05) is 0 Å². The minimum absolute atomic E-state index is 0.215. The summed E-state index contributed by atoms with van der Waals surface area (Å²) >= 11 is 0. The zero-order valence-electron chi connectivity index (χ0n) is 6.37. The van der Waals surface area contributed by atoms with Crippen LogP contribution in [0.25, 0.3) is 0 Å². The van der Waals surface area contributed by atoms with E-state index in [0.717, 1.165) is 6.54 Å². The summed E-state index contributed by atoms with van der Waals surface area (Å²) in [4.78, 5) is 0. The second kappa shape index (κ2) is 3.46. The Bertz CT molecular complexity index is 220. The maximum Gasteiger partial charge on any atom is 0.275 e. The molecule has 0 saturated heterocycles. The molecule has 0 saturated carbocycles. The molecule has 0 unspecified atom stereocenters. The van der Waals surface area contributed by atoms with Gasteiger partial charge < -0.3 is 0 Å². The highest BCUT2D eigenvalue weighted by Gasteiger charge is 2.08. The smallest absolute Gasteiger partial charge is 0.237 e. The van der Waals surface area contributed by atoms with Crippen molar-refractivity contribution >= 4 is 0 Å². The van der Waals surface area contributed by atoms with E-state index in [2.05, 4.69) is 0 Å². The van der Waals surface area contributed by atoms with Gasteiger partial charge in [-0.25, -0.2) is 17.9 Å². The number of imidazole rings is 1. The maximum absolute atomic E-state index is 11.8. The summed E-state index contributed by atoms with van der Waals surface area (Å²) in [7, 11) is 0. The monoisotopic (exact) mass is 161 g/mol. The Morgan fingerprint density at radius 3 is 2.73 bits per heavy atom. The van der Waals surface area contributed by atoms with Crippen molar-refractivity contribution in [2.24, 2.45) is 0 Å². The van der Waals surface area contributed by atoms with Gasteiger partial charge in [0.1, 0.15) is 12.4 Å². The van der Waals surface area contributed by atoms with E-state index in [1.54, 1.807) is 18.7 Å². The highest BCUT2D eigenvalue weighted by molar-refractivity contribution is 4.64. The zero-order valence-corrected chi connectivity index (χ0v) is 6.37. The number of alkyl halides is 2. The van der Waals surface area contributed by atoms with Crippen LogP contribution in [0.4, 0.5) is 8.78 Å². The van der Waals surface area contributed by atoms with E-state index in [1.165, 1.54) is 4.57 Å². The number of aryl methyl sites for hydroxylation is 1. The number of nitrogens with zero attached hydrogens (tertiary/aromatic N) is 2. The number of rotatable bonds is 3. The quantitative estimate of drug-likeness (QED) is 0.586. The molecule has 1 aromatic rings. The first-order valence-corrected chi connectivity index (χ1v) is 3.55. The fourth-order valence-electron chi connectivity index (χ4n) is 0.893. The second-order valence-corrected chi connectivity index (χ2v) is 2.33. The van der Waals surface area contributed by atoms with Crippen LogP contribution in [0.5, 0.6) is 0 Å². The molecule has 11 heavy (non-hydrogen) atoms. The van der Waals surface area contributed by atoms with Gasteiger partial charge in [0.2, 0.25) is 6.33 Å². The lowest BCUT2D eigenvalue weighted by molar-refractivity contribution is -0.705. The molecular weight excluding hydrogens is 150 g/mol. The van der Waals surface area contributed by atoms with Crippen molar-refractivity contribution < 1.29 is 13.3 Å². The van der Waals surface area contributed by atoms with Crippen LogP contribution >= 0.6 is 0 Å². The van der Waals surface area contributed by atoms with E-state index in [9.17, 15) is 8.78 Å². The van der Waals surface area contributed by atoms with E-state index in [4.69, 9.17) is 0 Å². The number of hydrogen-bond donors (Lipinski definition) is 0. The summed E-state index contributed by atoms with van der Waals surface area (Å²) in [6.07, 6.45) is 2.83. The zero-order chi connectivity index (χ0) is 8.27. The number of halogens is 2. The predicted molar refractivity (Wildman–Crippen MR) is 36.3 cm³/mol. The first-order valence-electron chi connectivity index (χ1n) is 3.55. The van der Waals surface area contributed by atoms with Crippen molar-refractivity contribution in [3.8, 4) is 0 Å². The van der Waals surface area contributed by atoms with E-state index in [-0.39, 0.29) is 6.54 Å². The first-order chi connectivity index (χ1) is 5.22. The second-order valence-electron chi connectivity index (χ2n) is 2.33. The van der Waals surface area contributed by atoms with Gasteiger partial charge in [-0.3, -0.25) is 0 Å². The molecular formula is C7H11F2N2+. The van der Waals surface area contributed by atoms with Crippen LogP contribution in [0.1, 0.15) is 6.92 Å². The van der Waals surface area contributed by atoms with E-state index >= 15 is 0 Å². The van der Waals surface area contributed by atoms with Gasteiger partial charge >= 0.3 is 0 Å². The fourth-order valence-corrected chi connectivity index (χ4v) is 0.893. The van der Waals surface area contributed by atoms with Gasteiger partial charge in [0.25, 0.3) is 6.43 Å². The number of aromatic nitrogens is 2. The molecule has 0 spiro atoms. The van der Waals surface area contributed by atoms with Crippen LogP contribution in [0.2, 0.25) is 0 Å². The summed E-state index contributed by atoms with van der Waals surface area (Å²) in [5.74, 6) is 0. The Hall–Kier alpha value is -0.930. The lowest BCUT2D eigenvalue weighted by Gasteiger charge is -1.92. The van der Waals surface area contributed by atoms with Crippen molar-refractivity contribution in [1.29, 1.82) is 0 Å². The lowest BCUT2D eigenvalue weighted by Crippen LogP contribution is -2.34. The van der Waals surface area contributed by atoms with E-state index < -0.39 is 6.43 Å². The van der Waals surface area contributed by atoms with Gasteiger partial charge in [0.15, 0.2) is 6.54 Å². The van der Waals surface area contributed by atoms with Crippen LogP contribution in [0, 0.1) is 0 Å². The molecule has 0 aliphatic heterocycles. The van der Waals surface area contributed by atoms with Crippen molar-refractivity contribution in [2.45, 2.75) is 26.4 Å². The third-order valence-electron chi connectivity index (χ3n) is 1.46. The summed E-state index contributed by atoms with van der Waals surface area (Å²) in [5, 5.41) is 0. The van der Waals surface area contributed by atoms with Crippen molar-refractivity contribution in [3.05, 3.63) is 18.7 Å². The standard InChI is InChI=1S/C7H11F2N2/c1-2-10-3-4-11(6-10)5-7(8)9/h3-4,6-7H,2,5H2,1H3/q+1. The molecule has 0 aliphatic carbocycles. The van der Waals surface area contributed by atoms with E-state index in [1.807, 2.05) is 11.5 Å². The molecule has 4 heteroatoms. The Kier molecular flexibility index (Phi) is 2.57. The molecule has 1 aromatic heterocycles. The van der Waals surface area contributed by atoms with Gasteiger partial charge in [-0.05, 0) is 6.92 Å². The number of hydrogen-bond acceptors (Lipinski definition) is 0. The molecule has 0 amide bonds. The Balaban J connectivity index is 2.58. The average molecular weight is 161 g/mol. The van der Waals surface area contributed by atoms with Gasteiger partial charge in [-0.15, -0.1) is 0 Å². The third-order valence-corrected chi connectivity index (χ3v) is 1.46. The molecule has 0 bridgehead atoms. The minimum Gasteiger partial charge on any atom is -0.237 e. The molecule has 1 heterocycles. The predicted octanol–water partition coefficient (Wildman–Crippen LogP) is 1.06. The Morgan fingerprint density at radius 2 is 2.27 bits per heavy atom. The molecule has 0 aliphatic rings. The molecule has 0 radical (unpaired) electrons. The van der Waals surface area contributed by atoms with E-state index in [0.29, 0.717) is 0 Å². The molecule has 2 nitrogen and oxygen atoms in total. The van der Waals surface area contributed by atoms with Gasteiger partial charge in [-0.2, -0.15) is 0 Å². The molecule has 0 aromatic carbocycles. The van der Waals surface area contributed by atoms with Crippen molar-refractivity contribution in [2.75, 3.05) is 0 Å². The highest BCUT2D eigenvalue weighted by atomic mass is 19.3. The molecule has 0 fully saturated rings. The van der Waals surface area contributed by atoms with Crippen LogP contribution < -0.4 is 4.57 Å². The summed E-state index contributed by atoms with van der Waals surface area (Å²) in [6, 6.07) is 0. The lowest BCUT2D eigenvalue weighted by atomic mass is 10.6. The minimum atomic E-state index is -2.27. The van der Waals surface area contributed by atoms with Crippen LogP contribution in [-0.4, -0.2) is 11.0 Å². The third kappa shape index (κ3) is 2.29. The molecule has 1 rings (SSSR count). The average Bonchev–Trinajstić information content (AvgIpc) is 2.34. The van der Waals surface area contributed by atoms with Crippen molar-refractivity contribution in [3.63, 3.8) is 0 Å². The molecule has 0 N–H and O–H groups in total. The molecule has 0 atom stereocenters. The largest absolute Gasteiger partial charge is 0.275 e. The first kappa shape index (κ1) is 8.17. The van der Waals surface area contributed by atoms with Gasteiger partial charge in [-0.1, -0.05) is 0 Å². The summed E-state index contributed by atoms with van der Waals surface area (Å²) in [6.45, 7) is 2.57. The summed E-state index contributed by atoms with van der Waals surface area (Å²) in [5.41, 5.74) is 0. The van der Waals surface area contributed by atoms with Crippen molar-refractivity contribution in [1.82, 2.24) is 4.57 Å².